The van der Waals surface area contributed by atoms with Gasteiger partial charge in [-0.05, 0) is 56.2 Å². The maximum Gasteiger partial charge on any atom is 0.234 e. The second-order valence-corrected chi connectivity index (χ2v) is 8.39. The first-order valence-corrected chi connectivity index (χ1v) is 9.73. The van der Waals surface area contributed by atoms with Crippen molar-refractivity contribution in [3.8, 4) is 11.5 Å². The third kappa shape index (κ3) is 4.52. The molecule has 26 heavy (non-hydrogen) atoms. The summed E-state index contributed by atoms with van der Waals surface area (Å²) < 4.78 is 11.1. The lowest BCUT2D eigenvalue weighted by molar-refractivity contribution is -0.128. The Bertz CT molecular complexity index is 750. The van der Waals surface area contributed by atoms with E-state index in [2.05, 4.69) is 12.1 Å². The van der Waals surface area contributed by atoms with Crippen LogP contribution in [0.5, 0.6) is 11.5 Å². The molecule has 0 aliphatic carbocycles. The highest BCUT2D eigenvalue weighted by atomic mass is 32.2. The van der Waals surface area contributed by atoms with Crippen LogP contribution in [0.2, 0.25) is 0 Å². The van der Waals surface area contributed by atoms with Gasteiger partial charge in [0.15, 0.2) is 0 Å². The Labute approximate surface area is 159 Å². The minimum Gasteiger partial charge on any atom is -0.497 e. The average molecular weight is 372 g/mol. The zero-order chi connectivity index (χ0) is 18.7. The molecule has 1 amide bonds. The number of amides is 1. The lowest BCUT2D eigenvalue weighted by Gasteiger charge is -2.25. The highest BCUT2D eigenvalue weighted by molar-refractivity contribution is 8.00. The molecule has 2 aromatic carbocycles. The number of thioether (sulfide) groups is 1. The minimum atomic E-state index is -0.222. The van der Waals surface area contributed by atoms with Crippen molar-refractivity contribution in [1.29, 1.82) is 0 Å². The fourth-order valence-electron chi connectivity index (χ4n) is 2.88. The van der Waals surface area contributed by atoms with E-state index in [1.807, 2.05) is 62.1 Å². The molecule has 1 atom stereocenters. The van der Waals surface area contributed by atoms with Crippen LogP contribution in [0.25, 0.3) is 0 Å². The van der Waals surface area contributed by atoms with Crippen molar-refractivity contribution < 1.29 is 14.3 Å². The van der Waals surface area contributed by atoms with E-state index in [1.54, 1.807) is 18.9 Å². The van der Waals surface area contributed by atoms with Crippen molar-refractivity contribution in [2.24, 2.45) is 0 Å². The van der Waals surface area contributed by atoms with E-state index in [-0.39, 0.29) is 16.9 Å². The standard InChI is InChI=1S/C21H25NO3S/c1-21(2,3)25-18-11-7-16(8-12-18)20-22(19(23)14-26-20)13-15-5-9-17(24-4)10-6-15/h5-12,20H,13-14H2,1-4H3. The van der Waals surface area contributed by atoms with Crippen LogP contribution in [-0.4, -0.2) is 29.3 Å². The molecule has 0 saturated carbocycles. The Balaban J connectivity index is 1.74. The summed E-state index contributed by atoms with van der Waals surface area (Å²) in [5.74, 6) is 2.35. The van der Waals surface area contributed by atoms with Crippen LogP contribution in [0.4, 0.5) is 0 Å². The first-order valence-electron chi connectivity index (χ1n) is 8.69. The number of carbonyl (C=O) groups excluding carboxylic acids is 1. The van der Waals surface area contributed by atoms with Gasteiger partial charge in [0, 0.05) is 6.54 Å². The van der Waals surface area contributed by atoms with E-state index < -0.39 is 0 Å². The van der Waals surface area contributed by atoms with Crippen LogP contribution >= 0.6 is 11.8 Å². The molecule has 0 N–H and O–H groups in total. The zero-order valence-electron chi connectivity index (χ0n) is 15.7. The number of methoxy groups -OCH3 is 1. The van der Waals surface area contributed by atoms with Crippen molar-refractivity contribution >= 4 is 17.7 Å². The highest BCUT2D eigenvalue weighted by Crippen LogP contribution is 2.40. The molecule has 0 bridgehead atoms. The topological polar surface area (TPSA) is 38.8 Å². The van der Waals surface area contributed by atoms with E-state index in [1.165, 1.54) is 0 Å². The first kappa shape index (κ1) is 18.6. The highest BCUT2D eigenvalue weighted by Gasteiger charge is 2.32. The van der Waals surface area contributed by atoms with Gasteiger partial charge in [-0.3, -0.25) is 4.79 Å². The fourth-order valence-corrected chi connectivity index (χ4v) is 4.07. The van der Waals surface area contributed by atoms with Gasteiger partial charge in [-0.15, -0.1) is 11.8 Å². The lowest BCUT2D eigenvalue weighted by Crippen LogP contribution is -2.27. The summed E-state index contributed by atoms with van der Waals surface area (Å²) in [5.41, 5.74) is 2.00. The zero-order valence-corrected chi connectivity index (χ0v) is 16.5. The molecular weight excluding hydrogens is 346 g/mol. The molecule has 3 rings (SSSR count). The molecule has 1 aliphatic heterocycles. The molecule has 1 unspecified atom stereocenters. The normalized spacial score (nSPS) is 17.5. The number of hydrogen-bond donors (Lipinski definition) is 0. The second-order valence-electron chi connectivity index (χ2n) is 7.32. The number of ether oxygens (including phenoxy) is 2. The largest absolute Gasteiger partial charge is 0.497 e. The van der Waals surface area contributed by atoms with Gasteiger partial charge < -0.3 is 14.4 Å². The summed E-state index contributed by atoms with van der Waals surface area (Å²) in [7, 11) is 1.65. The van der Waals surface area contributed by atoms with Gasteiger partial charge in [-0.25, -0.2) is 0 Å². The Morgan fingerprint density at radius 2 is 1.65 bits per heavy atom. The first-order chi connectivity index (χ1) is 12.4. The Hall–Kier alpha value is -2.14. The molecule has 4 nitrogen and oxygen atoms in total. The van der Waals surface area contributed by atoms with Gasteiger partial charge in [0.1, 0.15) is 22.5 Å². The molecule has 2 aromatic rings. The number of hydrogen-bond acceptors (Lipinski definition) is 4. The van der Waals surface area contributed by atoms with Crippen molar-refractivity contribution in [2.75, 3.05) is 12.9 Å². The van der Waals surface area contributed by atoms with E-state index in [9.17, 15) is 4.79 Å². The summed E-state index contributed by atoms with van der Waals surface area (Å²) in [4.78, 5) is 14.3. The Kier molecular flexibility index (Phi) is 5.47. The van der Waals surface area contributed by atoms with E-state index in [4.69, 9.17) is 9.47 Å². The molecule has 1 aliphatic rings. The second kappa shape index (κ2) is 7.62. The molecular formula is C21H25NO3S. The molecule has 1 heterocycles. The Morgan fingerprint density at radius 3 is 2.23 bits per heavy atom. The van der Waals surface area contributed by atoms with Gasteiger partial charge in [-0.2, -0.15) is 0 Å². The molecule has 138 valence electrons. The van der Waals surface area contributed by atoms with Crippen LogP contribution in [0, 0.1) is 0 Å². The van der Waals surface area contributed by atoms with Crippen molar-refractivity contribution in [3.05, 3.63) is 59.7 Å². The number of nitrogens with zero attached hydrogens (tertiary/aromatic N) is 1. The van der Waals surface area contributed by atoms with Crippen LogP contribution in [0.3, 0.4) is 0 Å². The van der Waals surface area contributed by atoms with E-state index >= 15 is 0 Å². The van der Waals surface area contributed by atoms with Gasteiger partial charge >= 0.3 is 0 Å². The molecule has 0 aromatic heterocycles. The third-order valence-corrected chi connectivity index (χ3v) is 5.33. The summed E-state index contributed by atoms with van der Waals surface area (Å²) in [6, 6.07) is 15.9. The lowest BCUT2D eigenvalue weighted by atomic mass is 10.1. The maximum atomic E-state index is 12.4. The van der Waals surface area contributed by atoms with Gasteiger partial charge in [0.05, 0.1) is 12.9 Å². The number of rotatable bonds is 5. The van der Waals surface area contributed by atoms with E-state index in [0.29, 0.717) is 12.3 Å². The van der Waals surface area contributed by atoms with Crippen LogP contribution in [0.15, 0.2) is 48.5 Å². The van der Waals surface area contributed by atoms with Crippen molar-refractivity contribution in [3.63, 3.8) is 0 Å². The monoisotopic (exact) mass is 371 g/mol. The SMILES string of the molecule is COc1ccc(CN2C(=O)CSC2c2ccc(OC(C)(C)C)cc2)cc1. The Morgan fingerprint density at radius 1 is 1.04 bits per heavy atom. The maximum absolute atomic E-state index is 12.4. The minimum absolute atomic E-state index is 0.0355. The summed E-state index contributed by atoms with van der Waals surface area (Å²) in [6.07, 6.45) is 0. The number of benzene rings is 2. The quantitative estimate of drug-likeness (QED) is 0.767. The molecule has 5 heteroatoms. The predicted molar refractivity (Wildman–Crippen MR) is 106 cm³/mol. The average Bonchev–Trinajstić information content (AvgIpc) is 2.96. The summed E-state index contributed by atoms with van der Waals surface area (Å²) in [6.45, 7) is 6.69. The summed E-state index contributed by atoms with van der Waals surface area (Å²) in [5, 5.41) is 0.0355. The third-order valence-electron chi connectivity index (χ3n) is 4.07. The van der Waals surface area contributed by atoms with Crippen molar-refractivity contribution in [2.45, 2.75) is 38.3 Å². The smallest absolute Gasteiger partial charge is 0.234 e. The number of carbonyl (C=O) groups is 1. The molecule has 1 fully saturated rings. The van der Waals surface area contributed by atoms with Crippen LogP contribution in [-0.2, 0) is 11.3 Å². The van der Waals surface area contributed by atoms with Gasteiger partial charge in [0.2, 0.25) is 5.91 Å². The fraction of sp³-hybridized carbons (Fsp3) is 0.381. The van der Waals surface area contributed by atoms with E-state index in [0.717, 1.165) is 22.6 Å². The molecule has 0 radical (unpaired) electrons. The van der Waals surface area contributed by atoms with Gasteiger partial charge in [0.25, 0.3) is 0 Å². The molecule has 0 spiro atoms. The predicted octanol–water partition coefficient (Wildman–Crippen LogP) is 4.65. The molecule has 1 saturated heterocycles. The van der Waals surface area contributed by atoms with Gasteiger partial charge in [-0.1, -0.05) is 24.3 Å². The van der Waals surface area contributed by atoms with Crippen LogP contribution < -0.4 is 9.47 Å². The summed E-state index contributed by atoms with van der Waals surface area (Å²) >= 11 is 1.67. The van der Waals surface area contributed by atoms with Crippen LogP contribution in [0.1, 0.15) is 37.3 Å². The van der Waals surface area contributed by atoms with Crippen molar-refractivity contribution in [1.82, 2.24) is 4.90 Å².